The van der Waals surface area contributed by atoms with Crippen LogP contribution in [0.4, 0.5) is 0 Å². The van der Waals surface area contributed by atoms with Crippen LogP contribution in [-0.4, -0.2) is 9.78 Å². The fraction of sp³-hybridized carbons (Fsp3) is 0.471. The van der Waals surface area contributed by atoms with Gasteiger partial charge in [0.15, 0.2) is 0 Å². The van der Waals surface area contributed by atoms with E-state index in [1.54, 1.807) is 6.20 Å². The molecule has 0 spiro atoms. The summed E-state index contributed by atoms with van der Waals surface area (Å²) in [5, 5.41) is 4.95. The molecule has 0 aliphatic heterocycles. The number of rotatable bonds is 4. The van der Waals surface area contributed by atoms with Gasteiger partial charge in [0, 0.05) is 6.54 Å². The van der Waals surface area contributed by atoms with Crippen molar-refractivity contribution in [2.24, 2.45) is 5.73 Å². The molecule has 1 heterocycles. The van der Waals surface area contributed by atoms with Crippen molar-refractivity contribution in [3.8, 4) is 0 Å². The summed E-state index contributed by atoms with van der Waals surface area (Å²) in [6.45, 7) is 9.55. The van der Waals surface area contributed by atoms with Crippen LogP contribution in [0.2, 0.25) is 5.02 Å². The molecule has 0 aliphatic rings. The molecular weight excluding hydrogens is 282 g/mol. The van der Waals surface area contributed by atoms with Crippen LogP contribution in [-0.2, 0) is 12.0 Å². The third kappa shape index (κ3) is 3.47. The Morgan fingerprint density at radius 2 is 1.86 bits per heavy atom. The Kier molecular flexibility index (Phi) is 4.74. The lowest BCUT2D eigenvalue weighted by Gasteiger charge is -2.21. The van der Waals surface area contributed by atoms with Crippen LogP contribution >= 0.6 is 11.6 Å². The second-order valence-electron chi connectivity index (χ2n) is 6.45. The van der Waals surface area contributed by atoms with E-state index in [0.717, 1.165) is 24.2 Å². The summed E-state index contributed by atoms with van der Waals surface area (Å²) >= 11 is 6.27. The largest absolute Gasteiger partial charge is 0.319 e. The quantitative estimate of drug-likeness (QED) is 0.915. The molecule has 0 radical (unpaired) electrons. The number of hydrogen-bond acceptors (Lipinski definition) is 2. The minimum absolute atomic E-state index is 0.143. The van der Waals surface area contributed by atoms with Crippen molar-refractivity contribution in [2.75, 3.05) is 0 Å². The summed E-state index contributed by atoms with van der Waals surface area (Å²) < 4.78 is 1.91. The van der Waals surface area contributed by atoms with Gasteiger partial charge in [-0.25, -0.2) is 0 Å². The van der Waals surface area contributed by atoms with E-state index < -0.39 is 0 Å². The summed E-state index contributed by atoms with van der Waals surface area (Å²) in [5.74, 6) is 0. The van der Waals surface area contributed by atoms with Crippen LogP contribution in [0, 0.1) is 0 Å². The number of nitrogens with zero attached hydrogens (tertiary/aromatic N) is 2. The highest BCUT2D eigenvalue weighted by Gasteiger charge is 2.19. The third-order valence-corrected chi connectivity index (χ3v) is 3.99. The number of aryl methyl sites for hydroxylation is 1. The smallest absolute Gasteiger partial charge is 0.0837 e. The summed E-state index contributed by atoms with van der Waals surface area (Å²) in [7, 11) is 0. The van der Waals surface area contributed by atoms with Gasteiger partial charge in [-0.3, -0.25) is 4.68 Å². The third-order valence-electron chi connectivity index (χ3n) is 3.70. The Morgan fingerprint density at radius 1 is 1.24 bits per heavy atom. The van der Waals surface area contributed by atoms with E-state index in [4.69, 9.17) is 17.3 Å². The predicted molar refractivity (Wildman–Crippen MR) is 88.7 cm³/mol. The van der Waals surface area contributed by atoms with Crippen LogP contribution in [0.25, 0.3) is 0 Å². The molecule has 2 aromatic rings. The van der Waals surface area contributed by atoms with Crippen LogP contribution in [0.3, 0.4) is 0 Å². The van der Waals surface area contributed by atoms with Gasteiger partial charge in [0.2, 0.25) is 0 Å². The molecule has 21 heavy (non-hydrogen) atoms. The Balaban J connectivity index is 2.32. The zero-order chi connectivity index (χ0) is 15.6. The summed E-state index contributed by atoms with van der Waals surface area (Å²) in [5.41, 5.74) is 9.80. The first-order valence-electron chi connectivity index (χ1n) is 7.41. The van der Waals surface area contributed by atoms with E-state index in [1.165, 1.54) is 5.56 Å². The van der Waals surface area contributed by atoms with E-state index in [9.17, 15) is 0 Å². The van der Waals surface area contributed by atoms with Gasteiger partial charge >= 0.3 is 0 Å². The van der Waals surface area contributed by atoms with Crippen LogP contribution < -0.4 is 5.73 Å². The van der Waals surface area contributed by atoms with Crippen LogP contribution in [0.1, 0.15) is 57.0 Å². The molecule has 3 nitrogen and oxygen atoms in total. The number of nitrogens with two attached hydrogens (primary N) is 1. The average Bonchev–Trinajstić information content (AvgIpc) is 2.79. The first-order valence-corrected chi connectivity index (χ1v) is 7.79. The second kappa shape index (κ2) is 6.20. The lowest BCUT2D eigenvalue weighted by atomic mass is 9.86. The van der Waals surface area contributed by atoms with Gasteiger partial charge in [0.1, 0.15) is 0 Å². The van der Waals surface area contributed by atoms with Gasteiger partial charge in [-0.1, -0.05) is 63.6 Å². The number of aromatic nitrogens is 2. The lowest BCUT2D eigenvalue weighted by molar-refractivity contribution is 0.559. The topological polar surface area (TPSA) is 43.8 Å². The molecule has 1 unspecified atom stereocenters. The molecule has 0 fully saturated rings. The molecule has 1 aromatic heterocycles. The summed E-state index contributed by atoms with van der Waals surface area (Å²) in [6.07, 6.45) is 2.68. The molecule has 0 bridgehead atoms. The molecule has 1 aromatic carbocycles. The minimum Gasteiger partial charge on any atom is -0.319 e. The average molecular weight is 306 g/mol. The van der Waals surface area contributed by atoms with Crippen molar-refractivity contribution < 1.29 is 0 Å². The maximum absolute atomic E-state index is 6.41. The van der Waals surface area contributed by atoms with Crippen LogP contribution in [0.5, 0.6) is 0 Å². The molecular formula is C17H24ClN3. The van der Waals surface area contributed by atoms with Crippen molar-refractivity contribution in [3.63, 3.8) is 0 Å². The molecule has 1 atom stereocenters. The second-order valence-corrected chi connectivity index (χ2v) is 6.86. The molecule has 0 aliphatic carbocycles. The fourth-order valence-corrected chi connectivity index (χ4v) is 2.68. The highest BCUT2D eigenvalue weighted by Crippen LogP contribution is 2.29. The zero-order valence-corrected chi connectivity index (χ0v) is 14.0. The monoisotopic (exact) mass is 305 g/mol. The Bertz CT molecular complexity index is 593. The first-order chi connectivity index (χ1) is 9.84. The Hall–Kier alpha value is -1.32. The van der Waals surface area contributed by atoms with Crippen LogP contribution in [0.15, 0.2) is 30.5 Å². The highest BCUT2D eigenvalue weighted by atomic mass is 35.5. The number of hydrogen-bond donors (Lipinski definition) is 1. The van der Waals surface area contributed by atoms with Crippen molar-refractivity contribution in [2.45, 2.75) is 52.1 Å². The van der Waals surface area contributed by atoms with Gasteiger partial charge < -0.3 is 5.73 Å². The van der Waals surface area contributed by atoms with Gasteiger partial charge in [0.05, 0.1) is 23.0 Å². The van der Waals surface area contributed by atoms with E-state index in [-0.39, 0.29) is 11.5 Å². The maximum atomic E-state index is 6.41. The number of halogens is 1. The molecule has 4 heteroatoms. The standard InChI is InChI=1S/C17H24ClN3/c1-5-10-21-16(14(18)11-20-21)15(19)12-6-8-13(9-7-12)17(2,3)4/h6-9,11,15H,5,10,19H2,1-4H3. The highest BCUT2D eigenvalue weighted by molar-refractivity contribution is 6.31. The molecule has 0 amide bonds. The fourth-order valence-electron chi connectivity index (χ4n) is 2.42. The van der Waals surface area contributed by atoms with E-state index >= 15 is 0 Å². The molecule has 2 N–H and O–H groups in total. The van der Waals surface area contributed by atoms with Crippen molar-refractivity contribution in [1.29, 1.82) is 0 Å². The molecule has 2 rings (SSSR count). The summed E-state index contributed by atoms with van der Waals surface area (Å²) in [4.78, 5) is 0. The van der Waals surface area contributed by atoms with Crippen molar-refractivity contribution in [1.82, 2.24) is 9.78 Å². The SMILES string of the molecule is CCCn1ncc(Cl)c1C(N)c1ccc(C(C)(C)C)cc1. The first kappa shape index (κ1) is 16.1. The van der Waals surface area contributed by atoms with E-state index in [0.29, 0.717) is 5.02 Å². The number of benzene rings is 1. The Labute approximate surface area is 132 Å². The van der Waals surface area contributed by atoms with E-state index in [2.05, 4.69) is 57.1 Å². The van der Waals surface area contributed by atoms with Gasteiger partial charge in [0.25, 0.3) is 0 Å². The van der Waals surface area contributed by atoms with Gasteiger partial charge in [-0.15, -0.1) is 0 Å². The Morgan fingerprint density at radius 3 is 2.38 bits per heavy atom. The van der Waals surface area contributed by atoms with Crippen molar-refractivity contribution >= 4 is 11.6 Å². The molecule has 0 saturated heterocycles. The predicted octanol–water partition coefficient (Wildman–Crippen LogP) is 4.29. The zero-order valence-electron chi connectivity index (χ0n) is 13.2. The summed E-state index contributed by atoms with van der Waals surface area (Å²) in [6, 6.07) is 8.21. The van der Waals surface area contributed by atoms with E-state index in [1.807, 2.05) is 4.68 Å². The molecule has 0 saturated carbocycles. The van der Waals surface area contributed by atoms with Crippen molar-refractivity contribution in [3.05, 3.63) is 52.3 Å². The minimum atomic E-state index is -0.249. The normalized spacial score (nSPS) is 13.4. The lowest BCUT2D eigenvalue weighted by Crippen LogP contribution is -2.18. The van der Waals surface area contributed by atoms with Gasteiger partial charge in [-0.2, -0.15) is 5.10 Å². The van der Waals surface area contributed by atoms with Gasteiger partial charge in [-0.05, 0) is 23.0 Å². The molecule has 114 valence electrons. The maximum Gasteiger partial charge on any atom is 0.0837 e.